The van der Waals surface area contributed by atoms with Gasteiger partial charge >= 0.3 is 0 Å². The molecule has 168 valence electrons. The Bertz CT molecular complexity index is 700. The van der Waals surface area contributed by atoms with Crippen LogP contribution in [-0.4, -0.2) is 35.2 Å². The van der Waals surface area contributed by atoms with Gasteiger partial charge in [-0.05, 0) is 41.9 Å². The Morgan fingerprint density at radius 1 is 1.00 bits per heavy atom. The van der Waals surface area contributed by atoms with Gasteiger partial charge in [-0.15, -0.1) is 0 Å². The molecule has 0 heterocycles. The molecular formula is C24H36BrNO4. The number of nitrogens with one attached hydrogen (secondary N) is 1. The summed E-state index contributed by atoms with van der Waals surface area (Å²) in [6.07, 6.45) is 1.10. The van der Waals surface area contributed by atoms with Crippen molar-refractivity contribution < 1.29 is 19.5 Å². The molecule has 0 fully saturated rings. The maximum Gasteiger partial charge on any atom is 0.226 e. The molecule has 3 atom stereocenters. The number of aliphatic hydroxyl groups is 1. The Hall–Kier alpha value is -1.53. The third-order valence-corrected chi connectivity index (χ3v) is 5.98. The quantitative estimate of drug-likeness (QED) is 0.438. The predicted molar refractivity (Wildman–Crippen MR) is 123 cm³/mol. The van der Waals surface area contributed by atoms with Crippen LogP contribution in [0.2, 0.25) is 0 Å². The summed E-state index contributed by atoms with van der Waals surface area (Å²) in [6, 6.07) is 6.83. The van der Waals surface area contributed by atoms with Gasteiger partial charge in [0, 0.05) is 23.7 Å². The van der Waals surface area contributed by atoms with Gasteiger partial charge < -0.3 is 10.4 Å². The van der Waals surface area contributed by atoms with E-state index in [9.17, 15) is 19.5 Å². The largest absolute Gasteiger partial charge is 0.396 e. The number of carbonyl (C=O) groups is 3. The zero-order chi connectivity index (χ0) is 22.8. The number of rotatable bonds is 13. The highest BCUT2D eigenvalue weighted by Crippen LogP contribution is 2.18. The predicted octanol–water partition coefficient (Wildman–Crippen LogP) is 4.34. The minimum Gasteiger partial charge on any atom is -0.396 e. The molecule has 6 heteroatoms. The maximum atomic E-state index is 12.8. The number of ketones is 2. The lowest BCUT2D eigenvalue weighted by Crippen LogP contribution is -2.46. The molecule has 1 aromatic carbocycles. The van der Waals surface area contributed by atoms with Crippen LogP contribution >= 0.6 is 15.9 Å². The molecule has 0 aliphatic rings. The molecule has 1 rings (SSSR count). The van der Waals surface area contributed by atoms with Gasteiger partial charge in [0.15, 0.2) is 5.78 Å². The molecule has 2 N–H and O–H groups in total. The van der Waals surface area contributed by atoms with Crippen molar-refractivity contribution >= 4 is 33.4 Å². The Morgan fingerprint density at radius 2 is 1.60 bits per heavy atom. The molecule has 0 aliphatic heterocycles. The summed E-state index contributed by atoms with van der Waals surface area (Å²) in [5, 5.41) is 12.5. The minimum absolute atomic E-state index is 0.0103. The topological polar surface area (TPSA) is 83.5 Å². The maximum absolute atomic E-state index is 12.8. The average Bonchev–Trinajstić information content (AvgIpc) is 2.66. The van der Waals surface area contributed by atoms with Gasteiger partial charge in [0.2, 0.25) is 5.91 Å². The number of Topliss-reactive ketones (excluding diaryl/α,β-unsaturated/α-hetero) is 2. The van der Waals surface area contributed by atoms with E-state index in [0.717, 1.165) is 10.0 Å². The number of hydrogen-bond donors (Lipinski definition) is 2. The van der Waals surface area contributed by atoms with E-state index >= 15 is 0 Å². The molecule has 5 nitrogen and oxygen atoms in total. The first-order valence-electron chi connectivity index (χ1n) is 10.7. The Labute approximate surface area is 189 Å². The van der Waals surface area contributed by atoms with Gasteiger partial charge in [0.25, 0.3) is 0 Å². The lowest BCUT2D eigenvalue weighted by molar-refractivity contribution is -0.134. The molecule has 0 saturated heterocycles. The third-order valence-electron chi connectivity index (χ3n) is 5.45. The lowest BCUT2D eigenvalue weighted by Gasteiger charge is -2.24. The molecule has 0 aromatic heterocycles. The van der Waals surface area contributed by atoms with Crippen LogP contribution in [0.5, 0.6) is 0 Å². The Morgan fingerprint density at radius 3 is 2.10 bits per heavy atom. The van der Waals surface area contributed by atoms with Crippen LogP contribution in [0, 0.1) is 23.7 Å². The number of halogens is 1. The molecule has 30 heavy (non-hydrogen) atoms. The summed E-state index contributed by atoms with van der Waals surface area (Å²) in [7, 11) is 0. The van der Waals surface area contributed by atoms with E-state index in [1.165, 1.54) is 0 Å². The smallest absolute Gasteiger partial charge is 0.226 e. The molecule has 3 unspecified atom stereocenters. The highest BCUT2D eigenvalue weighted by molar-refractivity contribution is 9.10. The van der Waals surface area contributed by atoms with Crippen molar-refractivity contribution in [1.29, 1.82) is 0 Å². The van der Waals surface area contributed by atoms with E-state index < -0.39 is 24.5 Å². The number of hydrogen-bond acceptors (Lipinski definition) is 4. The first-order chi connectivity index (χ1) is 14.0. The molecule has 0 bridgehead atoms. The van der Waals surface area contributed by atoms with Crippen molar-refractivity contribution in [2.24, 2.45) is 23.7 Å². The zero-order valence-electron chi connectivity index (χ0n) is 18.8. The van der Waals surface area contributed by atoms with Crippen molar-refractivity contribution in [3.63, 3.8) is 0 Å². The normalized spacial score (nSPS) is 14.4. The van der Waals surface area contributed by atoms with Gasteiger partial charge in [-0.3, -0.25) is 14.4 Å². The van der Waals surface area contributed by atoms with Gasteiger partial charge in [0.1, 0.15) is 5.78 Å². The van der Waals surface area contributed by atoms with E-state index in [-0.39, 0.29) is 36.2 Å². The van der Waals surface area contributed by atoms with E-state index in [4.69, 9.17) is 0 Å². The fraction of sp³-hybridized carbons (Fsp3) is 0.625. The second kappa shape index (κ2) is 13.0. The number of benzene rings is 1. The Kier molecular flexibility index (Phi) is 11.5. The summed E-state index contributed by atoms with van der Waals surface area (Å²) in [4.78, 5) is 37.9. The van der Waals surface area contributed by atoms with Crippen LogP contribution in [0.15, 0.2) is 28.7 Å². The van der Waals surface area contributed by atoms with Crippen molar-refractivity contribution in [3.05, 3.63) is 34.3 Å². The number of aliphatic hydroxyl groups excluding tert-OH is 1. The fourth-order valence-electron chi connectivity index (χ4n) is 3.14. The van der Waals surface area contributed by atoms with Crippen LogP contribution in [0.1, 0.15) is 59.4 Å². The minimum atomic E-state index is -0.849. The highest BCUT2D eigenvalue weighted by Gasteiger charge is 2.28. The lowest BCUT2D eigenvalue weighted by atomic mass is 9.88. The molecule has 0 saturated carbocycles. The molecule has 1 aromatic rings. The standard InChI is InChI=1S/C24H36BrNO4/c1-15(2)10-22(23(29)11-17(5)16(3)4)26-24(30)19(14-27)13-21(28)12-18-6-8-20(25)9-7-18/h6-9,15-17,19,22,27H,10-14H2,1-5H3,(H,26,30). The molecule has 0 spiro atoms. The van der Waals surface area contributed by atoms with Crippen LogP contribution in [0.25, 0.3) is 0 Å². The summed E-state index contributed by atoms with van der Waals surface area (Å²) in [5.41, 5.74) is 0.857. The zero-order valence-corrected chi connectivity index (χ0v) is 20.4. The Balaban J connectivity index is 2.74. The second-order valence-corrected chi connectivity index (χ2v) is 9.92. The van der Waals surface area contributed by atoms with Crippen LogP contribution in [0.4, 0.5) is 0 Å². The SMILES string of the molecule is CC(C)CC(NC(=O)C(CO)CC(=O)Cc1ccc(Br)cc1)C(=O)CC(C)C(C)C. The van der Waals surface area contributed by atoms with Crippen molar-refractivity contribution in [2.45, 2.75) is 66.3 Å². The van der Waals surface area contributed by atoms with Crippen LogP contribution in [0.3, 0.4) is 0 Å². The van der Waals surface area contributed by atoms with Gasteiger partial charge in [-0.1, -0.05) is 62.7 Å². The molecular weight excluding hydrogens is 446 g/mol. The molecule has 0 radical (unpaired) electrons. The molecule has 0 aliphatic carbocycles. The highest BCUT2D eigenvalue weighted by atomic mass is 79.9. The van der Waals surface area contributed by atoms with Crippen molar-refractivity contribution in [2.75, 3.05) is 6.61 Å². The van der Waals surface area contributed by atoms with Crippen LogP contribution < -0.4 is 5.32 Å². The first kappa shape index (κ1) is 26.5. The monoisotopic (exact) mass is 481 g/mol. The van der Waals surface area contributed by atoms with Gasteiger partial charge in [-0.25, -0.2) is 0 Å². The summed E-state index contributed by atoms with van der Waals surface area (Å²) in [6.45, 7) is 9.77. The summed E-state index contributed by atoms with van der Waals surface area (Å²) in [5.74, 6) is -0.546. The average molecular weight is 482 g/mol. The number of amides is 1. The summed E-state index contributed by atoms with van der Waals surface area (Å²) >= 11 is 3.36. The second-order valence-electron chi connectivity index (χ2n) is 9.01. The van der Waals surface area contributed by atoms with E-state index in [1.54, 1.807) is 0 Å². The van der Waals surface area contributed by atoms with Gasteiger partial charge in [0.05, 0.1) is 18.6 Å². The number of carbonyl (C=O) groups excluding carboxylic acids is 3. The molecule has 1 amide bonds. The third kappa shape index (κ3) is 9.52. The summed E-state index contributed by atoms with van der Waals surface area (Å²) < 4.78 is 0.930. The van der Waals surface area contributed by atoms with Crippen LogP contribution in [-0.2, 0) is 20.8 Å². The van der Waals surface area contributed by atoms with Gasteiger partial charge in [-0.2, -0.15) is 0 Å². The fourth-order valence-corrected chi connectivity index (χ4v) is 3.41. The van der Waals surface area contributed by atoms with E-state index in [1.807, 2.05) is 45.0 Å². The van der Waals surface area contributed by atoms with E-state index in [0.29, 0.717) is 18.8 Å². The van der Waals surface area contributed by atoms with Crippen molar-refractivity contribution in [1.82, 2.24) is 5.32 Å². The van der Waals surface area contributed by atoms with E-state index in [2.05, 4.69) is 35.1 Å². The van der Waals surface area contributed by atoms with Crippen molar-refractivity contribution in [3.8, 4) is 0 Å². The first-order valence-corrected chi connectivity index (χ1v) is 11.5.